The fourth-order valence-corrected chi connectivity index (χ4v) is 1.85. The fourth-order valence-electron chi connectivity index (χ4n) is 1.02. The van der Waals surface area contributed by atoms with E-state index in [2.05, 4.69) is 29.5 Å². The largest absolute Gasteiger partial charge is 0.308 e. The monoisotopic (exact) mass is 184 g/mol. The van der Waals surface area contributed by atoms with Gasteiger partial charge in [0.25, 0.3) is 0 Å². The first-order valence-electron chi connectivity index (χ1n) is 4.39. The topological polar surface area (TPSA) is 24.9 Å². The number of thiazole rings is 1. The average Bonchev–Trinajstić information content (AvgIpc) is 2.47. The lowest BCUT2D eigenvalue weighted by molar-refractivity contribution is 0.567. The van der Waals surface area contributed by atoms with Crippen molar-refractivity contribution in [2.75, 3.05) is 6.54 Å². The van der Waals surface area contributed by atoms with Gasteiger partial charge in [-0.2, -0.15) is 0 Å². The van der Waals surface area contributed by atoms with Crippen LogP contribution in [0.3, 0.4) is 0 Å². The lowest BCUT2D eigenvalue weighted by Gasteiger charge is -2.08. The molecule has 0 fully saturated rings. The van der Waals surface area contributed by atoms with E-state index in [0.717, 1.165) is 12.2 Å². The van der Waals surface area contributed by atoms with Crippen LogP contribution in [0.1, 0.15) is 37.0 Å². The molecule has 12 heavy (non-hydrogen) atoms. The molecular formula is C9H16N2S. The van der Waals surface area contributed by atoms with Crippen LogP contribution in [0.4, 0.5) is 0 Å². The van der Waals surface area contributed by atoms with E-state index in [0.29, 0.717) is 6.04 Å². The van der Waals surface area contributed by atoms with Gasteiger partial charge in [-0.1, -0.05) is 6.92 Å². The first kappa shape index (κ1) is 9.68. The van der Waals surface area contributed by atoms with Crippen LogP contribution in [-0.2, 0) is 0 Å². The van der Waals surface area contributed by atoms with Gasteiger partial charge < -0.3 is 5.32 Å². The van der Waals surface area contributed by atoms with Crippen LogP contribution in [0.5, 0.6) is 0 Å². The Kier molecular flexibility index (Phi) is 3.69. The molecule has 0 spiro atoms. The molecular weight excluding hydrogens is 168 g/mol. The average molecular weight is 184 g/mol. The van der Waals surface area contributed by atoms with Crippen molar-refractivity contribution in [2.24, 2.45) is 0 Å². The summed E-state index contributed by atoms with van der Waals surface area (Å²) in [7, 11) is 0. The minimum Gasteiger partial charge on any atom is -0.308 e. The molecule has 3 heteroatoms. The SMILES string of the molecule is CCCNC(C)c1nc(C)cs1. The number of hydrogen-bond acceptors (Lipinski definition) is 3. The normalized spacial score (nSPS) is 13.2. The van der Waals surface area contributed by atoms with E-state index in [1.807, 2.05) is 6.92 Å². The van der Waals surface area contributed by atoms with Crippen molar-refractivity contribution in [1.29, 1.82) is 0 Å². The van der Waals surface area contributed by atoms with Gasteiger partial charge in [0.05, 0.1) is 6.04 Å². The van der Waals surface area contributed by atoms with Crippen LogP contribution in [0, 0.1) is 6.92 Å². The Labute approximate surface area is 78.0 Å². The zero-order valence-corrected chi connectivity index (χ0v) is 8.74. The Morgan fingerprint density at radius 3 is 2.92 bits per heavy atom. The maximum Gasteiger partial charge on any atom is 0.110 e. The quantitative estimate of drug-likeness (QED) is 0.777. The maximum atomic E-state index is 4.42. The lowest BCUT2D eigenvalue weighted by atomic mass is 10.3. The molecule has 0 aromatic carbocycles. The van der Waals surface area contributed by atoms with Crippen LogP contribution < -0.4 is 5.32 Å². The third-order valence-electron chi connectivity index (χ3n) is 1.71. The standard InChI is InChI=1S/C9H16N2S/c1-4-5-10-8(3)9-11-7(2)6-12-9/h6,8,10H,4-5H2,1-3H3. The van der Waals surface area contributed by atoms with Gasteiger partial charge in [0.2, 0.25) is 0 Å². The minimum atomic E-state index is 0.406. The number of aromatic nitrogens is 1. The summed E-state index contributed by atoms with van der Waals surface area (Å²) in [5.41, 5.74) is 1.13. The van der Waals surface area contributed by atoms with E-state index >= 15 is 0 Å². The lowest BCUT2D eigenvalue weighted by Crippen LogP contribution is -2.18. The molecule has 1 unspecified atom stereocenters. The highest BCUT2D eigenvalue weighted by Crippen LogP contribution is 2.16. The van der Waals surface area contributed by atoms with Crippen molar-refractivity contribution in [1.82, 2.24) is 10.3 Å². The Morgan fingerprint density at radius 1 is 1.67 bits per heavy atom. The highest BCUT2D eigenvalue weighted by molar-refractivity contribution is 7.09. The van der Waals surface area contributed by atoms with Gasteiger partial charge in [-0.25, -0.2) is 4.98 Å². The molecule has 0 aliphatic rings. The molecule has 1 rings (SSSR count). The van der Waals surface area contributed by atoms with Gasteiger partial charge in [-0.15, -0.1) is 11.3 Å². The summed E-state index contributed by atoms with van der Waals surface area (Å²) in [6.07, 6.45) is 1.18. The van der Waals surface area contributed by atoms with Crippen LogP contribution in [0.2, 0.25) is 0 Å². The van der Waals surface area contributed by atoms with E-state index in [4.69, 9.17) is 0 Å². The molecule has 0 bridgehead atoms. The molecule has 0 amide bonds. The predicted molar refractivity (Wildman–Crippen MR) is 53.6 cm³/mol. The van der Waals surface area contributed by atoms with Crippen molar-refractivity contribution in [3.63, 3.8) is 0 Å². The smallest absolute Gasteiger partial charge is 0.110 e. The Bertz CT molecular complexity index is 232. The zero-order chi connectivity index (χ0) is 8.97. The van der Waals surface area contributed by atoms with Crippen LogP contribution in [0.25, 0.3) is 0 Å². The van der Waals surface area contributed by atoms with E-state index in [1.54, 1.807) is 11.3 Å². The minimum absolute atomic E-state index is 0.406. The van der Waals surface area contributed by atoms with E-state index in [1.165, 1.54) is 11.4 Å². The summed E-state index contributed by atoms with van der Waals surface area (Å²) in [4.78, 5) is 4.42. The number of nitrogens with one attached hydrogen (secondary N) is 1. The van der Waals surface area contributed by atoms with Gasteiger partial charge in [-0.3, -0.25) is 0 Å². The molecule has 1 atom stereocenters. The van der Waals surface area contributed by atoms with Gasteiger partial charge in [0.15, 0.2) is 0 Å². The summed E-state index contributed by atoms with van der Waals surface area (Å²) in [6.45, 7) is 7.44. The number of aryl methyl sites for hydroxylation is 1. The van der Waals surface area contributed by atoms with Crippen LogP contribution in [-0.4, -0.2) is 11.5 Å². The first-order valence-corrected chi connectivity index (χ1v) is 5.27. The second-order valence-electron chi connectivity index (χ2n) is 3.00. The first-order chi connectivity index (χ1) is 5.74. The second kappa shape index (κ2) is 4.58. The van der Waals surface area contributed by atoms with Crippen LogP contribution >= 0.6 is 11.3 Å². The molecule has 1 aromatic heterocycles. The second-order valence-corrected chi connectivity index (χ2v) is 3.89. The summed E-state index contributed by atoms with van der Waals surface area (Å²) in [6, 6.07) is 0.406. The third-order valence-corrected chi connectivity index (χ3v) is 2.85. The zero-order valence-electron chi connectivity index (χ0n) is 7.92. The van der Waals surface area contributed by atoms with Gasteiger partial charge in [0.1, 0.15) is 5.01 Å². The number of hydrogen-bond donors (Lipinski definition) is 1. The molecule has 0 aliphatic heterocycles. The van der Waals surface area contributed by atoms with E-state index < -0.39 is 0 Å². The van der Waals surface area contributed by atoms with Gasteiger partial charge in [-0.05, 0) is 26.8 Å². The molecule has 0 aliphatic carbocycles. The maximum absolute atomic E-state index is 4.42. The Morgan fingerprint density at radius 2 is 2.42 bits per heavy atom. The molecule has 0 saturated heterocycles. The van der Waals surface area contributed by atoms with Gasteiger partial charge >= 0.3 is 0 Å². The molecule has 68 valence electrons. The van der Waals surface area contributed by atoms with Gasteiger partial charge in [0, 0.05) is 11.1 Å². The molecule has 1 aromatic rings. The summed E-state index contributed by atoms with van der Waals surface area (Å²) < 4.78 is 0. The summed E-state index contributed by atoms with van der Waals surface area (Å²) in [5.74, 6) is 0. The highest BCUT2D eigenvalue weighted by Gasteiger charge is 2.06. The number of rotatable bonds is 4. The van der Waals surface area contributed by atoms with Crippen molar-refractivity contribution < 1.29 is 0 Å². The fraction of sp³-hybridized carbons (Fsp3) is 0.667. The number of nitrogens with zero attached hydrogens (tertiary/aromatic N) is 1. The molecule has 0 saturated carbocycles. The molecule has 0 radical (unpaired) electrons. The van der Waals surface area contributed by atoms with Crippen molar-refractivity contribution in [2.45, 2.75) is 33.2 Å². The summed E-state index contributed by atoms with van der Waals surface area (Å²) in [5, 5.41) is 6.70. The third kappa shape index (κ3) is 2.57. The Hall–Kier alpha value is -0.410. The molecule has 1 heterocycles. The highest BCUT2D eigenvalue weighted by atomic mass is 32.1. The van der Waals surface area contributed by atoms with Crippen molar-refractivity contribution >= 4 is 11.3 Å². The predicted octanol–water partition coefficient (Wildman–Crippen LogP) is 2.51. The molecule has 1 N–H and O–H groups in total. The Balaban J connectivity index is 2.47. The van der Waals surface area contributed by atoms with Crippen molar-refractivity contribution in [3.05, 3.63) is 16.1 Å². The van der Waals surface area contributed by atoms with Crippen LogP contribution in [0.15, 0.2) is 5.38 Å². The van der Waals surface area contributed by atoms with Crippen molar-refractivity contribution in [3.8, 4) is 0 Å². The summed E-state index contributed by atoms with van der Waals surface area (Å²) >= 11 is 1.73. The molecule has 2 nitrogen and oxygen atoms in total. The van der Waals surface area contributed by atoms with E-state index in [9.17, 15) is 0 Å². The van der Waals surface area contributed by atoms with E-state index in [-0.39, 0.29) is 0 Å².